The molecule has 5 heteroatoms. The summed E-state index contributed by atoms with van der Waals surface area (Å²) in [5.41, 5.74) is 5.16. The van der Waals surface area contributed by atoms with Crippen molar-refractivity contribution in [2.45, 2.75) is 23.8 Å². The molecule has 0 aliphatic carbocycles. The van der Waals surface area contributed by atoms with Crippen LogP contribution in [0.25, 0.3) is 0 Å². The first-order valence-electron chi connectivity index (χ1n) is 3.69. The lowest BCUT2D eigenvalue weighted by Crippen LogP contribution is -2.24. The number of hydrogen-bond acceptors (Lipinski definition) is 3. The number of primary amides is 1. The zero-order chi connectivity index (χ0) is 8.97. The number of carbonyl (C=O) groups is 1. The van der Waals surface area contributed by atoms with Crippen LogP contribution >= 0.6 is 11.8 Å². The molecule has 1 unspecified atom stereocenters. The lowest BCUT2D eigenvalue weighted by Gasteiger charge is -2.06. The van der Waals surface area contributed by atoms with Crippen LogP contribution in [0.1, 0.15) is 13.3 Å². The molecule has 1 atom stereocenters. The van der Waals surface area contributed by atoms with Crippen molar-refractivity contribution in [1.29, 1.82) is 0 Å². The lowest BCUT2D eigenvalue weighted by molar-refractivity contribution is -0.117. The summed E-state index contributed by atoms with van der Waals surface area (Å²) >= 11 is 1.36. The Kier molecular flexibility index (Phi) is 3.16. The summed E-state index contributed by atoms with van der Waals surface area (Å²) in [4.78, 5) is 17.7. The highest BCUT2D eigenvalue weighted by molar-refractivity contribution is 8.00. The van der Waals surface area contributed by atoms with E-state index in [-0.39, 0.29) is 11.2 Å². The Labute approximate surface area is 74.9 Å². The monoisotopic (exact) mass is 185 g/mol. The molecule has 1 rings (SSSR count). The quantitative estimate of drug-likeness (QED) is 0.680. The van der Waals surface area contributed by atoms with Gasteiger partial charge in [0, 0.05) is 12.4 Å². The zero-order valence-electron chi connectivity index (χ0n) is 6.78. The van der Waals surface area contributed by atoms with Crippen molar-refractivity contribution in [1.82, 2.24) is 9.97 Å². The maximum absolute atomic E-state index is 10.8. The summed E-state index contributed by atoms with van der Waals surface area (Å²) in [6, 6.07) is 0. The molecule has 1 aromatic rings. The van der Waals surface area contributed by atoms with Gasteiger partial charge in [0.1, 0.15) is 0 Å². The van der Waals surface area contributed by atoms with Gasteiger partial charge in [-0.2, -0.15) is 0 Å². The Balaban J connectivity index is 2.54. The molecule has 1 aromatic heterocycles. The van der Waals surface area contributed by atoms with Gasteiger partial charge in [0.2, 0.25) is 5.91 Å². The molecule has 12 heavy (non-hydrogen) atoms. The van der Waals surface area contributed by atoms with Crippen molar-refractivity contribution < 1.29 is 4.79 Å². The number of thioether (sulfide) groups is 1. The lowest BCUT2D eigenvalue weighted by atomic mass is 10.3. The van der Waals surface area contributed by atoms with Gasteiger partial charge in [-0.25, -0.2) is 4.98 Å². The third-order valence-corrected chi connectivity index (χ3v) is 2.71. The van der Waals surface area contributed by atoms with Gasteiger partial charge >= 0.3 is 0 Å². The third-order valence-electron chi connectivity index (χ3n) is 1.42. The second-order valence-corrected chi connectivity index (χ2v) is 3.50. The number of H-pyrrole nitrogens is 1. The van der Waals surface area contributed by atoms with Crippen molar-refractivity contribution in [3.8, 4) is 0 Å². The van der Waals surface area contributed by atoms with Crippen LogP contribution in [0.5, 0.6) is 0 Å². The fraction of sp³-hybridized carbons (Fsp3) is 0.429. The summed E-state index contributed by atoms with van der Waals surface area (Å²) < 4.78 is 0. The number of aromatic amines is 1. The molecular weight excluding hydrogens is 174 g/mol. The van der Waals surface area contributed by atoms with Gasteiger partial charge in [-0.1, -0.05) is 18.7 Å². The largest absolute Gasteiger partial charge is 0.369 e. The summed E-state index contributed by atoms with van der Waals surface area (Å²) in [7, 11) is 0. The highest BCUT2D eigenvalue weighted by atomic mass is 32.2. The van der Waals surface area contributed by atoms with Crippen molar-refractivity contribution in [3.05, 3.63) is 12.4 Å². The number of nitrogens with one attached hydrogen (secondary N) is 1. The fourth-order valence-corrected chi connectivity index (χ4v) is 1.60. The van der Waals surface area contributed by atoms with E-state index in [0.29, 0.717) is 0 Å². The van der Waals surface area contributed by atoms with Crippen molar-refractivity contribution in [2.24, 2.45) is 5.73 Å². The average molecular weight is 185 g/mol. The van der Waals surface area contributed by atoms with Crippen molar-refractivity contribution in [2.75, 3.05) is 0 Å². The maximum Gasteiger partial charge on any atom is 0.231 e. The van der Waals surface area contributed by atoms with Crippen LogP contribution in [0.3, 0.4) is 0 Å². The minimum absolute atomic E-state index is 0.184. The van der Waals surface area contributed by atoms with Crippen LogP contribution in [0, 0.1) is 0 Å². The molecule has 66 valence electrons. The maximum atomic E-state index is 10.8. The number of hydrogen-bond donors (Lipinski definition) is 2. The second kappa shape index (κ2) is 4.15. The van der Waals surface area contributed by atoms with E-state index >= 15 is 0 Å². The van der Waals surface area contributed by atoms with Gasteiger partial charge in [-0.05, 0) is 6.42 Å². The van der Waals surface area contributed by atoms with E-state index in [9.17, 15) is 4.79 Å². The SMILES string of the molecule is CCC(Sc1ncc[nH]1)C(N)=O. The molecule has 0 aliphatic rings. The Hall–Kier alpha value is -0.970. The van der Waals surface area contributed by atoms with Crippen molar-refractivity contribution in [3.63, 3.8) is 0 Å². The number of rotatable bonds is 4. The van der Waals surface area contributed by atoms with Gasteiger partial charge in [0.05, 0.1) is 5.25 Å². The molecule has 0 aromatic carbocycles. The topological polar surface area (TPSA) is 71.8 Å². The van der Waals surface area contributed by atoms with E-state index in [1.807, 2.05) is 6.92 Å². The smallest absolute Gasteiger partial charge is 0.231 e. The van der Waals surface area contributed by atoms with Crippen molar-refractivity contribution >= 4 is 17.7 Å². The molecule has 4 nitrogen and oxygen atoms in total. The summed E-state index contributed by atoms with van der Waals surface area (Å²) in [5, 5.41) is 0.553. The van der Waals surface area contributed by atoms with Crippen LogP contribution in [0.4, 0.5) is 0 Å². The Morgan fingerprint density at radius 1 is 1.92 bits per heavy atom. The summed E-state index contributed by atoms with van der Waals surface area (Å²) in [6.45, 7) is 1.92. The zero-order valence-corrected chi connectivity index (χ0v) is 7.60. The molecule has 0 radical (unpaired) electrons. The van der Waals surface area contributed by atoms with Gasteiger partial charge in [-0.15, -0.1) is 0 Å². The minimum Gasteiger partial charge on any atom is -0.369 e. The number of amides is 1. The Morgan fingerprint density at radius 3 is 3.08 bits per heavy atom. The van der Waals surface area contributed by atoms with E-state index < -0.39 is 0 Å². The Morgan fingerprint density at radius 2 is 2.67 bits per heavy atom. The van der Waals surface area contributed by atoms with Crippen LogP contribution in [-0.2, 0) is 4.79 Å². The highest BCUT2D eigenvalue weighted by Gasteiger charge is 2.14. The summed E-state index contributed by atoms with van der Waals surface area (Å²) in [5.74, 6) is -0.293. The molecule has 0 saturated heterocycles. The van der Waals surface area contributed by atoms with Gasteiger partial charge < -0.3 is 10.7 Å². The molecule has 1 amide bonds. The predicted molar refractivity (Wildman–Crippen MR) is 47.7 cm³/mol. The molecule has 0 spiro atoms. The first kappa shape index (κ1) is 9.12. The molecule has 0 aliphatic heterocycles. The van der Waals surface area contributed by atoms with E-state index in [1.165, 1.54) is 11.8 Å². The first-order valence-corrected chi connectivity index (χ1v) is 4.57. The number of imidazole rings is 1. The van der Waals surface area contributed by atoms with E-state index in [0.717, 1.165) is 11.6 Å². The molecule has 0 saturated carbocycles. The first-order chi connectivity index (χ1) is 5.74. The van der Waals surface area contributed by atoms with E-state index in [4.69, 9.17) is 5.73 Å². The highest BCUT2D eigenvalue weighted by Crippen LogP contribution is 2.20. The van der Waals surface area contributed by atoms with Gasteiger partial charge in [0.25, 0.3) is 0 Å². The second-order valence-electron chi connectivity index (χ2n) is 2.31. The van der Waals surface area contributed by atoms with Crippen LogP contribution in [0.2, 0.25) is 0 Å². The van der Waals surface area contributed by atoms with Crippen LogP contribution in [0.15, 0.2) is 17.6 Å². The molecule has 3 N–H and O–H groups in total. The van der Waals surface area contributed by atoms with Crippen LogP contribution < -0.4 is 5.73 Å². The number of nitrogens with zero attached hydrogens (tertiary/aromatic N) is 1. The third kappa shape index (κ3) is 2.27. The van der Waals surface area contributed by atoms with E-state index in [2.05, 4.69) is 9.97 Å². The van der Waals surface area contributed by atoms with Crippen LogP contribution in [-0.4, -0.2) is 21.1 Å². The molecule has 0 fully saturated rings. The Bertz CT molecular complexity index is 247. The molecule has 1 heterocycles. The summed E-state index contributed by atoms with van der Waals surface area (Å²) in [6.07, 6.45) is 4.09. The number of aromatic nitrogens is 2. The number of carbonyl (C=O) groups excluding carboxylic acids is 1. The van der Waals surface area contributed by atoms with Gasteiger partial charge in [0.15, 0.2) is 5.16 Å². The normalized spacial score (nSPS) is 12.8. The predicted octanol–water partition coefficient (Wildman–Crippen LogP) is 0.766. The van der Waals surface area contributed by atoms with E-state index in [1.54, 1.807) is 12.4 Å². The fourth-order valence-electron chi connectivity index (χ4n) is 0.793. The minimum atomic E-state index is -0.293. The van der Waals surface area contributed by atoms with Gasteiger partial charge in [-0.3, -0.25) is 4.79 Å². The molecular formula is C7H11N3OS. The molecule has 0 bridgehead atoms. The standard InChI is InChI=1S/C7H11N3OS/c1-2-5(6(8)11)12-7-9-3-4-10-7/h3-5H,2H2,1H3,(H2,8,11)(H,9,10). The average Bonchev–Trinajstić information content (AvgIpc) is 2.51. The number of nitrogens with two attached hydrogens (primary N) is 1.